The number of aliphatic hydroxyl groups excluding tert-OH is 4. The molecule has 10 nitrogen and oxygen atoms in total. The second-order valence-corrected chi connectivity index (χ2v) is 5.87. The van der Waals surface area contributed by atoms with Gasteiger partial charge in [-0.15, -0.1) is 0 Å². The average Bonchev–Trinajstić information content (AvgIpc) is 2.96. The number of rotatable bonds is 2. The highest BCUT2D eigenvalue weighted by Gasteiger charge is 2.54. The summed E-state index contributed by atoms with van der Waals surface area (Å²) in [5, 5.41) is 39.4. The van der Waals surface area contributed by atoms with Crippen molar-refractivity contribution < 1.29 is 29.6 Å². The highest BCUT2D eigenvalue weighted by atomic mass is 19.1. The molecule has 3 heterocycles. The summed E-state index contributed by atoms with van der Waals surface area (Å²) in [6.45, 7) is 0.315. The molecule has 2 aromatic heterocycles. The molecule has 0 saturated carbocycles. The number of nitrogens with two attached hydrogens (primary N) is 1. The summed E-state index contributed by atoms with van der Waals surface area (Å²) < 4.78 is 21.9. The van der Waals surface area contributed by atoms with Gasteiger partial charge < -0.3 is 30.9 Å². The van der Waals surface area contributed by atoms with Gasteiger partial charge in [0.25, 0.3) is 0 Å². The lowest BCUT2D eigenvalue weighted by Gasteiger charge is -2.33. The van der Waals surface area contributed by atoms with Crippen molar-refractivity contribution >= 4 is 17.0 Å². The van der Waals surface area contributed by atoms with Crippen molar-refractivity contribution in [2.45, 2.75) is 43.2 Å². The van der Waals surface area contributed by atoms with E-state index in [1.54, 1.807) is 0 Å². The van der Waals surface area contributed by atoms with Crippen LogP contribution in [0.2, 0.25) is 0 Å². The highest BCUT2D eigenvalue weighted by Crippen LogP contribution is 2.39. The van der Waals surface area contributed by atoms with Crippen LogP contribution in [0.1, 0.15) is 13.2 Å². The van der Waals surface area contributed by atoms with Crippen LogP contribution in [0.4, 0.5) is 10.2 Å². The lowest BCUT2D eigenvalue weighted by molar-refractivity contribution is -0.164. The van der Waals surface area contributed by atoms with Crippen molar-refractivity contribution in [1.82, 2.24) is 19.5 Å². The van der Waals surface area contributed by atoms with Crippen LogP contribution < -0.4 is 5.73 Å². The first-order chi connectivity index (χ1) is 11.3. The van der Waals surface area contributed by atoms with Crippen molar-refractivity contribution in [3.05, 3.63) is 12.7 Å². The minimum atomic E-state index is -2.53. The number of aromatic nitrogens is 4. The Morgan fingerprint density at radius 2 is 2.00 bits per heavy atom. The van der Waals surface area contributed by atoms with Crippen molar-refractivity contribution in [2.75, 3.05) is 12.3 Å². The SMILES string of the molecule is C[C@@]1(F)[C@H](O)[C@@H](O)[C@H](O)[C@@H](CO)O[C@H]1n1cnc2c(N)ncnc21. The standard InChI is InChI=1S/C13H18FN5O5/c1-13(14)9(23)8(22)7(21)5(2-20)24-12(13)19-4-18-6-10(15)16-3-17-11(6)19/h3-5,7-9,12,20-23H,2H2,1H3,(H2,15,16,17)/t5-,7-,8+,9-,12-,13-/m1/s1. The maximum Gasteiger partial charge on any atom is 0.181 e. The molecule has 0 unspecified atom stereocenters. The zero-order valence-electron chi connectivity index (χ0n) is 12.7. The monoisotopic (exact) mass is 343 g/mol. The molecule has 6 N–H and O–H groups in total. The maximum absolute atomic E-state index is 15.3. The Labute approximate surface area is 135 Å². The number of nitrogens with zero attached hydrogens (tertiary/aromatic N) is 4. The van der Waals surface area contributed by atoms with Gasteiger partial charge in [-0.2, -0.15) is 0 Å². The topological polar surface area (TPSA) is 160 Å². The Hall–Kier alpha value is -1.92. The Morgan fingerprint density at radius 1 is 1.29 bits per heavy atom. The van der Waals surface area contributed by atoms with E-state index in [1.165, 1.54) is 10.9 Å². The fourth-order valence-electron chi connectivity index (χ4n) is 2.80. The van der Waals surface area contributed by atoms with Gasteiger partial charge in [0.15, 0.2) is 23.4 Å². The van der Waals surface area contributed by atoms with Crippen LogP contribution in [0.5, 0.6) is 0 Å². The predicted octanol–water partition coefficient (Wildman–Crippen LogP) is -1.89. The van der Waals surface area contributed by atoms with Gasteiger partial charge in [0, 0.05) is 0 Å². The van der Waals surface area contributed by atoms with Gasteiger partial charge in [0.2, 0.25) is 0 Å². The van der Waals surface area contributed by atoms with Crippen LogP contribution >= 0.6 is 0 Å². The van der Waals surface area contributed by atoms with Crippen molar-refractivity contribution in [1.29, 1.82) is 0 Å². The van der Waals surface area contributed by atoms with Crippen LogP contribution in [0.25, 0.3) is 11.2 Å². The average molecular weight is 343 g/mol. The number of halogens is 1. The van der Waals surface area contributed by atoms with E-state index in [4.69, 9.17) is 10.5 Å². The first kappa shape index (κ1) is 16.9. The summed E-state index contributed by atoms with van der Waals surface area (Å²) in [5.74, 6) is 0.0762. The normalized spacial score (nSPS) is 37.5. The quantitative estimate of drug-likeness (QED) is 0.420. The number of ether oxygens (including phenoxy) is 1. The molecule has 3 rings (SSSR count). The summed E-state index contributed by atoms with van der Waals surface area (Å²) in [6, 6.07) is 0. The molecule has 6 atom stereocenters. The summed E-state index contributed by atoms with van der Waals surface area (Å²) in [4.78, 5) is 11.8. The molecule has 0 spiro atoms. The Bertz CT molecular complexity index is 741. The second kappa shape index (κ2) is 5.86. The fourth-order valence-corrected chi connectivity index (χ4v) is 2.80. The molecule has 0 amide bonds. The number of fused-ring (bicyclic) bond motifs is 1. The first-order valence-corrected chi connectivity index (χ1v) is 7.21. The number of hydrogen-bond acceptors (Lipinski definition) is 9. The molecule has 1 saturated heterocycles. The minimum absolute atomic E-state index is 0.0762. The van der Waals surface area contributed by atoms with E-state index >= 15 is 4.39 Å². The molecule has 0 bridgehead atoms. The van der Waals surface area contributed by atoms with Crippen LogP contribution in [0.3, 0.4) is 0 Å². The summed E-state index contributed by atoms with van der Waals surface area (Å²) in [7, 11) is 0. The van der Waals surface area contributed by atoms with Crippen molar-refractivity contribution in [3.63, 3.8) is 0 Å². The molecule has 1 aliphatic rings. The Morgan fingerprint density at radius 3 is 2.67 bits per heavy atom. The number of imidazole rings is 1. The third-order valence-electron chi connectivity index (χ3n) is 4.24. The van der Waals surface area contributed by atoms with E-state index in [2.05, 4.69) is 15.0 Å². The summed E-state index contributed by atoms with van der Waals surface area (Å²) >= 11 is 0. The molecule has 11 heteroatoms. The molecule has 1 aliphatic heterocycles. The zero-order valence-corrected chi connectivity index (χ0v) is 12.7. The van der Waals surface area contributed by atoms with Gasteiger partial charge in [-0.1, -0.05) is 0 Å². The van der Waals surface area contributed by atoms with Gasteiger partial charge in [-0.25, -0.2) is 19.3 Å². The van der Waals surface area contributed by atoms with E-state index in [0.717, 1.165) is 13.3 Å². The zero-order chi connectivity index (χ0) is 17.6. The molecular weight excluding hydrogens is 325 g/mol. The number of aliphatic hydroxyl groups is 4. The summed E-state index contributed by atoms with van der Waals surface area (Å²) in [5.41, 5.74) is 3.51. The fraction of sp³-hybridized carbons (Fsp3) is 0.615. The summed E-state index contributed by atoms with van der Waals surface area (Å²) in [6.07, 6.45) is -6.01. The number of hydrogen-bond donors (Lipinski definition) is 5. The maximum atomic E-state index is 15.3. The van der Waals surface area contributed by atoms with Crippen LogP contribution in [-0.2, 0) is 4.74 Å². The van der Waals surface area contributed by atoms with E-state index in [1.807, 2.05) is 0 Å². The molecule has 2 aromatic rings. The lowest BCUT2D eigenvalue weighted by Crippen LogP contribution is -2.51. The number of nitrogen functional groups attached to an aromatic ring is 1. The molecule has 0 aromatic carbocycles. The van der Waals surface area contributed by atoms with Gasteiger partial charge in [0.1, 0.15) is 36.3 Å². The van der Waals surface area contributed by atoms with Crippen molar-refractivity contribution in [3.8, 4) is 0 Å². The molecule has 0 aliphatic carbocycles. The molecule has 0 radical (unpaired) electrons. The van der Waals surface area contributed by atoms with Crippen LogP contribution in [0, 0.1) is 0 Å². The first-order valence-electron chi connectivity index (χ1n) is 7.21. The number of anilines is 1. The van der Waals surface area contributed by atoms with Crippen molar-refractivity contribution in [2.24, 2.45) is 0 Å². The Balaban J connectivity index is 2.14. The Kier molecular flexibility index (Phi) is 4.13. The predicted molar refractivity (Wildman–Crippen MR) is 78.3 cm³/mol. The second-order valence-electron chi connectivity index (χ2n) is 5.87. The van der Waals surface area contributed by atoms with Gasteiger partial charge >= 0.3 is 0 Å². The van der Waals surface area contributed by atoms with Gasteiger partial charge in [-0.05, 0) is 6.92 Å². The highest BCUT2D eigenvalue weighted by molar-refractivity contribution is 5.81. The number of alkyl halides is 1. The van der Waals surface area contributed by atoms with E-state index in [0.29, 0.717) is 0 Å². The van der Waals surface area contributed by atoms with E-state index < -0.39 is 42.9 Å². The third kappa shape index (κ3) is 2.41. The van der Waals surface area contributed by atoms with Gasteiger partial charge in [-0.3, -0.25) is 4.57 Å². The minimum Gasteiger partial charge on any atom is -0.394 e. The van der Waals surface area contributed by atoms with Gasteiger partial charge in [0.05, 0.1) is 12.9 Å². The van der Waals surface area contributed by atoms with Crippen LogP contribution in [0.15, 0.2) is 12.7 Å². The largest absolute Gasteiger partial charge is 0.394 e. The van der Waals surface area contributed by atoms with E-state index in [9.17, 15) is 20.4 Å². The third-order valence-corrected chi connectivity index (χ3v) is 4.24. The lowest BCUT2D eigenvalue weighted by atomic mass is 9.92. The van der Waals surface area contributed by atoms with E-state index in [-0.39, 0.29) is 17.0 Å². The molecule has 132 valence electrons. The molecule has 24 heavy (non-hydrogen) atoms. The smallest absolute Gasteiger partial charge is 0.181 e. The molecule has 1 fully saturated rings. The van der Waals surface area contributed by atoms with Crippen LogP contribution in [-0.4, -0.2) is 76.6 Å². The molecular formula is C13H18FN5O5.